The predicted octanol–water partition coefficient (Wildman–Crippen LogP) is 3.44. The fourth-order valence-corrected chi connectivity index (χ4v) is 4.99. The van der Waals surface area contributed by atoms with Gasteiger partial charge >= 0.3 is 0 Å². The van der Waals surface area contributed by atoms with Gasteiger partial charge in [0.25, 0.3) is 5.91 Å². The van der Waals surface area contributed by atoms with Gasteiger partial charge in [-0.2, -0.15) is 0 Å². The van der Waals surface area contributed by atoms with Crippen molar-refractivity contribution in [1.82, 2.24) is 14.4 Å². The summed E-state index contributed by atoms with van der Waals surface area (Å²) in [6.45, 7) is 3.16. The summed E-state index contributed by atoms with van der Waals surface area (Å²) in [4.78, 5) is 17.6. The molecule has 6 rings (SSSR count). The molecule has 0 saturated carbocycles. The molecular formula is C24H22FN3O3. The molecule has 4 heterocycles. The molecular weight excluding hydrogens is 397 g/mol. The summed E-state index contributed by atoms with van der Waals surface area (Å²) in [6.07, 6.45) is 2.00. The average molecular weight is 419 g/mol. The van der Waals surface area contributed by atoms with Gasteiger partial charge in [0.05, 0.1) is 12.1 Å². The van der Waals surface area contributed by atoms with Crippen LogP contribution in [0.2, 0.25) is 0 Å². The Morgan fingerprint density at radius 2 is 1.68 bits per heavy atom. The Morgan fingerprint density at radius 1 is 0.903 bits per heavy atom. The van der Waals surface area contributed by atoms with Crippen LogP contribution >= 0.6 is 0 Å². The lowest BCUT2D eigenvalue weighted by molar-refractivity contribution is 0.0556. The van der Waals surface area contributed by atoms with Crippen LogP contribution in [-0.4, -0.2) is 46.2 Å². The number of carbonyl (C=O) groups is 1. The number of halogens is 1. The number of rotatable bonds is 4. The molecule has 3 aliphatic rings. The van der Waals surface area contributed by atoms with Gasteiger partial charge in [-0.3, -0.25) is 9.69 Å². The molecule has 1 saturated heterocycles. The van der Waals surface area contributed by atoms with Gasteiger partial charge in [0, 0.05) is 32.4 Å². The van der Waals surface area contributed by atoms with E-state index in [1.54, 1.807) is 12.1 Å². The minimum atomic E-state index is -0.267. The highest BCUT2D eigenvalue weighted by Gasteiger charge is 2.44. The number of benzene rings is 2. The highest BCUT2D eigenvalue weighted by molar-refractivity contribution is 5.94. The molecule has 0 unspecified atom stereocenters. The van der Waals surface area contributed by atoms with Gasteiger partial charge in [0.15, 0.2) is 11.5 Å². The molecule has 1 amide bonds. The number of amides is 1. The molecule has 3 aliphatic heterocycles. The van der Waals surface area contributed by atoms with Crippen molar-refractivity contribution < 1.29 is 18.7 Å². The van der Waals surface area contributed by atoms with E-state index in [4.69, 9.17) is 9.47 Å². The van der Waals surface area contributed by atoms with Crippen molar-refractivity contribution in [2.45, 2.75) is 25.2 Å². The second-order valence-corrected chi connectivity index (χ2v) is 8.38. The molecule has 1 fully saturated rings. The van der Waals surface area contributed by atoms with Crippen LogP contribution in [0.3, 0.4) is 0 Å². The van der Waals surface area contributed by atoms with Gasteiger partial charge in [-0.05, 0) is 47.5 Å². The van der Waals surface area contributed by atoms with E-state index in [0.717, 1.165) is 42.3 Å². The van der Waals surface area contributed by atoms with Crippen LogP contribution in [-0.2, 0) is 13.1 Å². The number of fused-ring (bicyclic) bond motifs is 4. The van der Waals surface area contributed by atoms with Crippen LogP contribution in [0.1, 0.15) is 27.7 Å². The zero-order chi connectivity index (χ0) is 20.9. The van der Waals surface area contributed by atoms with E-state index in [-0.39, 0.29) is 30.6 Å². The summed E-state index contributed by atoms with van der Waals surface area (Å²) in [6, 6.07) is 16.5. The topological polar surface area (TPSA) is 46.9 Å². The monoisotopic (exact) mass is 419 g/mol. The summed E-state index contributed by atoms with van der Waals surface area (Å²) < 4.78 is 26.4. The largest absolute Gasteiger partial charge is 0.454 e. The van der Waals surface area contributed by atoms with Crippen molar-refractivity contribution in [2.24, 2.45) is 0 Å². The van der Waals surface area contributed by atoms with Crippen LogP contribution in [0.25, 0.3) is 0 Å². The number of nitrogens with zero attached hydrogens (tertiary/aromatic N) is 3. The van der Waals surface area contributed by atoms with Crippen molar-refractivity contribution in [1.29, 1.82) is 0 Å². The Balaban J connectivity index is 1.27. The van der Waals surface area contributed by atoms with Crippen molar-refractivity contribution in [2.75, 3.05) is 19.9 Å². The Morgan fingerprint density at radius 3 is 2.55 bits per heavy atom. The Labute approximate surface area is 179 Å². The third-order valence-corrected chi connectivity index (χ3v) is 6.46. The minimum Gasteiger partial charge on any atom is -0.454 e. The first-order chi connectivity index (χ1) is 15.2. The predicted molar refractivity (Wildman–Crippen MR) is 111 cm³/mol. The van der Waals surface area contributed by atoms with E-state index < -0.39 is 0 Å². The molecule has 0 spiro atoms. The van der Waals surface area contributed by atoms with Gasteiger partial charge in [-0.25, -0.2) is 4.39 Å². The van der Waals surface area contributed by atoms with Crippen molar-refractivity contribution in [3.8, 4) is 11.5 Å². The molecule has 2 atom stereocenters. The van der Waals surface area contributed by atoms with Crippen molar-refractivity contribution in [3.05, 3.63) is 83.4 Å². The van der Waals surface area contributed by atoms with Crippen molar-refractivity contribution in [3.63, 3.8) is 0 Å². The fourth-order valence-electron chi connectivity index (χ4n) is 4.99. The molecule has 158 valence electrons. The van der Waals surface area contributed by atoms with Crippen LogP contribution in [0.5, 0.6) is 11.5 Å². The van der Waals surface area contributed by atoms with Crippen LogP contribution in [0.15, 0.2) is 60.8 Å². The van der Waals surface area contributed by atoms with E-state index in [0.29, 0.717) is 12.2 Å². The molecule has 6 nitrogen and oxygen atoms in total. The number of hydrogen-bond donors (Lipinski definition) is 0. The lowest BCUT2D eigenvalue weighted by atomic mass is 10.0. The molecule has 0 aliphatic carbocycles. The smallest absolute Gasteiger partial charge is 0.271 e. The highest BCUT2D eigenvalue weighted by atomic mass is 19.1. The molecule has 0 N–H and O–H groups in total. The lowest BCUT2D eigenvalue weighted by Crippen LogP contribution is -2.49. The maximum Gasteiger partial charge on any atom is 0.271 e. The molecule has 2 aromatic carbocycles. The SMILES string of the molecule is O=C1c2cccn2[C@H]2CN(Cc3ccc4c(c3)OCO4)C[C@H]2N1Cc1ccc(F)cc1. The summed E-state index contributed by atoms with van der Waals surface area (Å²) in [7, 11) is 0. The molecule has 0 bridgehead atoms. The number of ether oxygens (including phenoxy) is 2. The Hall–Kier alpha value is -3.32. The first kappa shape index (κ1) is 18.4. The van der Waals surface area contributed by atoms with Gasteiger partial charge < -0.3 is 18.9 Å². The summed E-state index contributed by atoms with van der Waals surface area (Å²) in [5.74, 6) is 1.33. The van der Waals surface area contributed by atoms with Gasteiger partial charge in [-0.15, -0.1) is 0 Å². The van der Waals surface area contributed by atoms with E-state index in [2.05, 4.69) is 15.5 Å². The third-order valence-electron chi connectivity index (χ3n) is 6.46. The number of aromatic nitrogens is 1. The zero-order valence-corrected chi connectivity index (χ0v) is 16.9. The molecule has 31 heavy (non-hydrogen) atoms. The van der Waals surface area contributed by atoms with E-state index in [1.165, 1.54) is 12.1 Å². The number of likely N-dealkylation sites (tertiary alicyclic amines) is 1. The van der Waals surface area contributed by atoms with Crippen LogP contribution in [0.4, 0.5) is 4.39 Å². The summed E-state index contributed by atoms with van der Waals surface area (Å²) in [5.41, 5.74) is 2.81. The second kappa shape index (κ2) is 7.13. The maximum absolute atomic E-state index is 13.3. The lowest BCUT2D eigenvalue weighted by Gasteiger charge is -2.38. The molecule has 1 aromatic heterocycles. The van der Waals surface area contributed by atoms with Crippen LogP contribution < -0.4 is 9.47 Å². The van der Waals surface area contributed by atoms with Crippen LogP contribution in [0, 0.1) is 5.82 Å². The average Bonchev–Trinajstić information content (AvgIpc) is 3.51. The van der Waals surface area contributed by atoms with Gasteiger partial charge in [0.2, 0.25) is 6.79 Å². The minimum absolute atomic E-state index is 0.0282. The normalized spacial score (nSPS) is 22.0. The number of hydrogen-bond acceptors (Lipinski definition) is 4. The zero-order valence-electron chi connectivity index (χ0n) is 16.9. The van der Waals surface area contributed by atoms with E-state index in [1.807, 2.05) is 35.4 Å². The maximum atomic E-state index is 13.3. The first-order valence-electron chi connectivity index (χ1n) is 10.5. The summed E-state index contributed by atoms with van der Waals surface area (Å²) >= 11 is 0. The fraction of sp³-hybridized carbons (Fsp3) is 0.292. The van der Waals surface area contributed by atoms with Gasteiger partial charge in [0.1, 0.15) is 11.5 Å². The summed E-state index contributed by atoms with van der Waals surface area (Å²) in [5, 5.41) is 0. The molecule has 0 radical (unpaired) electrons. The van der Waals surface area contributed by atoms with Crippen molar-refractivity contribution >= 4 is 5.91 Å². The van der Waals surface area contributed by atoms with E-state index >= 15 is 0 Å². The first-order valence-corrected chi connectivity index (χ1v) is 10.5. The second-order valence-electron chi connectivity index (χ2n) is 8.38. The standard InChI is InChI=1S/C24H22FN3O3/c25-18-6-3-16(4-7-18)12-28-21-14-26(11-17-5-8-22-23(10-17)31-15-30-22)13-20(21)27-9-1-2-19(27)24(28)29/h1-10,20-21H,11-15H2/t20-,21+/m0/s1. The highest BCUT2D eigenvalue weighted by Crippen LogP contribution is 2.37. The Kier molecular flexibility index (Phi) is 4.24. The Bertz CT molecular complexity index is 1140. The van der Waals surface area contributed by atoms with E-state index in [9.17, 15) is 9.18 Å². The molecule has 7 heteroatoms. The quantitative estimate of drug-likeness (QED) is 0.650. The third kappa shape index (κ3) is 3.16. The molecule has 3 aromatic rings. The number of carbonyl (C=O) groups excluding carboxylic acids is 1. The van der Waals surface area contributed by atoms with Gasteiger partial charge in [-0.1, -0.05) is 18.2 Å².